The molecule has 1 aromatic carbocycles. The molecule has 1 aromatic heterocycles. The summed E-state index contributed by atoms with van der Waals surface area (Å²) in [5.41, 5.74) is 4.17. The molecule has 1 atom stereocenters. The predicted molar refractivity (Wildman–Crippen MR) is 66.9 cm³/mol. The number of methoxy groups -OCH3 is 1. The van der Waals surface area contributed by atoms with E-state index in [1.165, 1.54) is 19.2 Å². The quantitative estimate of drug-likeness (QED) is 0.877. The second-order valence-corrected chi connectivity index (χ2v) is 4.42. The molecule has 7 heteroatoms. The van der Waals surface area contributed by atoms with Gasteiger partial charge in [0.05, 0.1) is 11.6 Å². The van der Waals surface area contributed by atoms with Gasteiger partial charge in [0.15, 0.2) is 0 Å². The summed E-state index contributed by atoms with van der Waals surface area (Å²) >= 11 is 0. The van der Waals surface area contributed by atoms with E-state index in [0.29, 0.717) is 11.8 Å². The zero-order valence-corrected chi connectivity index (χ0v) is 11.1. The van der Waals surface area contributed by atoms with Crippen LogP contribution in [-0.2, 0) is 17.5 Å². The smallest absolute Gasteiger partial charge is 0.419 e. The van der Waals surface area contributed by atoms with Gasteiger partial charge in [-0.25, -0.2) is 4.39 Å². The van der Waals surface area contributed by atoms with E-state index in [2.05, 4.69) is 0 Å². The van der Waals surface area contributed by atoms with Crippen molar-refractivity contribution in [2.45, 2.75) is 18.8 Å². The number of furan rings is 1. The normalized spacial score (nSPS) is 13.4. The molecule has 1 heterocycles. The largest absolute Gasteiger partial charge is 0.462 e. The molecular weight excluding hydrogens is 290 g/mol. The highest BCUT2D eigenvalue weighted by Crippen LogP contribution is 2.34. The highest BCUT2D eigenvalue weighted by molar-refractivity contribution is 5.34. The number of alkyl halides is 3. The third-order valence-electron chi connectivity index (χ3n) is 2.94. The molecule has 0 fully saturated rings. The van der Waals surface area contributed by atoms with Crippen LogP contribution in [0.3, 0.4) is 0 Å². The minimum absolute atomic E-state index is 0.167. The van der Waals surface area contributed by atoms with Crippen molar-refractivity contribution in [3.8, 4) is 0 Å². The topological polar surface area (TPSA) is 48.4 Å². The summed E-state index contributed by atoms with van der Waals surface area (Å²) in [7, 11) is 1.47. The molecule has 114 valence electrons. The second kappa shape index (κ2) is 5.87. The van der Waals surface area contributed by atoms with Gasteiger partial charge < -0.3 is 14.9 Å². The summed E-state index contributed by atoms with van der Waals surface area (Å²) in [6.07, 6.45) is -4.77. The number of nitrogens with two attached hydrogens (primary N) is 1. The maximum Gasteiger partial charge on any atom is 0.419 e. The van der Waals surface area contributed by atoms with Crippen LogP contribution in [0.1, 0.15) is 28.7 Å². The van der Waals surface area contributed by atoms with Gasteiger partial charge in [-0.1, -0.05) is 12.1 Å². The molecule has 0 radical (unpaired) electrons. The molecule has 0 saturated carbocycles. The van der Waals surface area contributed by atoms with E-state index in [1.54, 1.807) is 6.07 Å². The molecule has 2 N–H and O–H groups in total. The minimum Gasteiger partial charge on any atom is -0.462 e. The van der Waals surface area contributed by atoms with Crippen LogP contribution in [0.15, 0.2) is 34.7 Å². The van der Waals surface area contributed by atoms with E-state index in [0.717, 1.165) is 6.07 Å². The van der Waals surface area contributed by atoms with Crippen molar-refractivity contribution in [1.29, 1.82) is 0 Å². The van der Waals surface area contributed by atoms with Crippen LogP contribution in [-0.4, -0.2) is 7.11 Å². The second-order valence-electron chi connectivity index (χ2n) is 4.42. The molecule has 2 rings (SSSR count). The maximum atomic E-state index is 14.0. The maximum absolute atomic E-state index is 14.0. The monoisotopic (exact) mass is 303 g/mol. The fraction of sp³-hybridized carbons (Fsp3) is 0.286. The van der Waals surface area contributed by atoms with Crippen molar-refractivity contribution >= 4 is 0 Å². The fourth-order valence-electron chi connectivity index (χ4n) is 1.94. The Balaban J connectivity index is 2.36. The van der Waals surface area contributed by atoms with E-state index in [4.69, 9.17) is 14.9 Å². The molecule has 0 bridgehead atoms. The molecule has 21 heavy (non-hydrogen) atoms. The predicted octanol–water partition coefficient (Wildman–Crippen LogP) is 3.63. The lowest BCUT2D eigenvalue weighted by Gasteiger charge is -2.14. The summed E-state index contributed by atoms with van der Waals surface area (Å²) in [6, 6.07) is 4.92. The van der Waals surface area contributed by atoms with Crippen LogP contribution in [0.25, 0.3) is 0 Å². The van der Waals surface area contributed by atoms with E-state index >= 15 is 0 Å². The Morgan fingerprint density at radius 1 is 1.24 bits per heavy atom. The Kier molecular flexibility index (Phi) is 4.34. The number of hydrogen-bond acceptors (Lipinski definition) is 3. The van der Waals surface area contributed by atoms with E-state index in [1.807, 2.05) is 0 Å². The van der Waals surface area contributed by atoms with Crippen LogP contribution in [0.2, 0.25) is 0 Å². The van der Waals surface area contributed by atoms with Gasteiger partial charge in [0.2, 0.25) is 0 Å². The lowest BCUT2D eigenvalue weighted by molar-refractivity contribution is -0.140. The first-order chi connectivity index (χ1) is 9.84. The molecule has 3 nitrogen and oxygen atoms in total. The van der Waals surface area contributed by atoms with Crippen molar-refractivity contribution in [2.75, 3.05) is 7.11 Å². The number of rotatable bonds is 4. The molecule has 0 aliphatic heterocycles. The first-order valence-corrected chi connectivity index (χ1v) is 6.03. The number of benzene rings is 1. The van der Waals surface area contributed by atoms with Crippen LogP contribution in [0, 0.1) is 5.82 Å². The highest BCUT2D eigenvalue weighted by atomic mass is 19.4. The first-order valence-electron chi connectivity index (χ1n) is 6.03. The number of hydrogen-bond donors (Lipinski definition) is 1. The van der Waals surface area contributed by atoms with Crippen molar-refractivity contribution in [3.63, 3.8) is 0 Å². The molecule has 0 spiro atoms. The Morgan fingerprint density at radius 3 is 2.57 bits per heavy atom. The summed E-state index contributed by atoms with van der Waals surface area (Å²) in [5.74, 6) is -0.766. The van der Waals surface area contributed by atoms with Gasteiger partial charge in [0, 0.05) is 12.7 Å². The number of ether oxygens (including phenoxy) is 1. The summed E-state index contributed by atoms with van der Waals surface area (Å²) in [5, 5.41) is 0. The molecule has 2 aromatic rings. The van der Waals surface area contributed by atoms with Gasteiger partial charge in [-0.05, 0) is 18.2 Å². The Hall–Kier alpha value is -1.86. The molecule has 1 unspecified atom stereocenters. The van der Waals surface area contributed by atoms with Crippen molar-refractivity contribution in [2.24, 2.45) is 5.73 Å². The lowest BCUT2D eigenvalue weighted by atomic mass is 10.0. The minimum atomic E-state index is -4.77. The average molecular weight is 303 g/mol. The van der Waals surface area contributed by atoms with E-state index in [-0.39, 0.29) is 17.9 Å². The fourth-order valence-corrected chi connectivity index (χ4v) is 1.94. The Morgan fingerprint density at radius 2 is 1.95 bits per heavy atom. The molecule has 0 aliphatic rings. The highest BCUT2D eigenvalue weighted by Gasteiger charge is 2.35. The van der Waals surface area contributed by atoms with Crippen LogP contribution < -0.4 is 5.73 Å². The summed E-state index contributed by atoms with van der Waals surface area (Å²) in [6.45, 7) is 0.192. The Labute approximate surface area is 118 Å². The zero-order valence-electron chi connectivity index (χ0n) is 11.1. The molecule has 0 saturated heterocycles. The van der Waals surface area contributed by atoms with E-state index < -0.39 is 23.6 Å². The molecular formula is C14H13F4NO2. The standard InChI is InChI=1S/C14H13F4NO2/c1-20-7-8-5-6-11(21-8)13(19)9-3-2-4-10(12(9)15)14(16,17)18/h2-6,13H,7,19H2,1H3. The SMILES string of the molecule is COCc1ccc(C(N)c2cccc(C(F)(F)F)c2F)o1. The van der Waals surface area contributed by atoms with Gasteiger partial charge >= 0.3 is 6.18 Å². The van der Waals surface area contributed by atoms with Crippen LogP contribution in [0.5, 0.6) is 0 Å². The van der Waals surface area contributed by atoms with Crippen LogP contribution in [0.4, 0.5) is 17.6 Å². The van der Waals surface area contributed by atoms with Gasteiger partial charge in [0.25, 0.3) is 0 Å². The average Bonchev–Trinajstić information content (AvgIpc) is 2.86. The van der Waals surface area contributed by atoms with Gasteiger partial charge in [-0.2, -0.15) is 13.2 Å². The Bertz CT molecular complexity index is 622. The van der Waals surface area contributed by atoms with Crippen LogP contribution >= 0.6 is 0 Å². The molecule has 0 aliphatic carbocycles. The summed E-state index contributed by atoms with van der Waals surface area (Å²) < 4.78 is 62.2. The third-order valence-corrected chi connectivity index (χ3v) is 2.94. The molecule has 0 amide bonds. The van der Waals surface area contributed by atoms with Gasteiger partial charge in [0.1, 0.15) is 23.9 Å². The summed E-state index contributed by atoms with van der Waals surface area (Å²) in [4.78, 5) is 0. The van der Waals surface area contributed by atoms with E-state index in [9.17, 15) is 17.6 Å². The van der Waals surface area contributed by atoms with Crippen molar-refractivity contribution < 1.29 is 26.7 Å². The van der Waals surface area contributed by atoms with Crippen molar-refractivity contribution in [3.05, 3.63) is 58.8 Å². The number of halogens is 4. The third kappa shape index (κ3) is 3.25. The van der Waals surface area contributed by atoms with Gasteiger partial charge in [-0.3, -0.25) is 0 Å². The lowest BCUT2D eigenvalue weighted by Crippen LogP contribution is -2.16. The first kappa shape index (κ1) is 15.5. The van der Waals surface area contributed by atoms with Crippen molar-refractivity contribution in [1.82, 2.24) is 0 Å². The zero-order chi connectivity index (χ0) is 15.6. The van der Waals surface area contributed by atoms with Gasteiger partial charge in [-0.15, -0.1) is 0 Å².